The molecule has 0 unspecified atom stereocenters. The molecule has 0 saturated carbocycles. The zero-order valence-electron chi connectivity index (χ0n) is 16.4. The van der Waals surface area contributed by atoms with Crippen molar-refractivity contribution in [1.29, 1.82) is 5.26 Å². The lowest BCUT2D eigenvalue weighted by Gasteiger charge is -2.12. The molecule has 0 saturated heterocycles. The third kappa shape index (κ3) is 6.16. The molecule has 0 atom stereocenters. The topological polar surface area (TPSA) is 96.3 Å². The third-order valence-corrected chi connectivity index (χ3v) is 7.35. The quantitative estimate of drug-likeness (QED) is 0.183. The largest absolute Gasteiger partial charge is 0.377 e. The number of hydrogen-bond donors (Lipinski definition) is 1. The standard InChI is InChI=1S/C22H12Br2Cl2N2O4S/c23-16-10-13(9-14(12-27)22(29)28-19-8-4-7-18(25)20(19)26)11-17(24)21(16)32-33(30,31)15-5-2-1-3-6-15/h1-11H,(H,28,29)/b14-9+. The number of nitrogens with zero attached hydrogens (tertiary/aromatic N) is 1. The zero-order valence-corrected chi connectivity index (χ0v) is 21.9. The van der Waals surface area contributed by atoms with Gasteiger partial charge in [0.2, 0.25) is 0 Å². The van der Waals surface area contributed by atoms with Gasteiger partial charge in [0.15, 0.2) is 5.75 Å². The van der Waals surface area contributed by atoms with Crippen LogP contribution in [0.4, 0.5) is 5.69 Å². The van der Waals surface area contributed by atoms with E-state index in [1.54, 1.807) is 36.4 Å². The fraction of sp³-hybridized carbons (Fsp3) is 0. The Kier molecular flexibility index (Phi) is 8.21. The highest BCUT2D eigenvalue weighted by Gasteiger charge is 2.21. The number of nitrogens with one attached hydrogen (secondary N) is 1. The van der Waals surface area contributed by atoms with Crippen molar-refractivity contribution >= 4 is 82.9 Å². The van der Waals surface area contributed by atoms with Gasteiger partial charge in [-0.2, -0.15) is 13.7 Å². The van der Waals surface area contributed by atoms with Gasteiger partial charge >= 0.3 is 10.1 Å². The molecule has 3 aromatic carbocycles. The Labute approximate surface area is 217 Å². The summed E-state index contributed by atoms with van der Waals surface area (Å²) in [5.41, 5.74) is 0.477. The molecule has 0 spiro atoms. The fourth-order valence-corrected chi connectivity index (χ4v) is 5.52. The summed E-state index contributed by atoms with van der Waals surface area (Å²) in [5, 5.41) is 12.4. The van der Waals surface area contributed by atoms with Crippen molar-refractivity contribution < 1.29 is 17.4 Å². The van der Waals surface area contributed by atoms with Crippen molar-refractivity contribution in [3.05, 3.63) is 90.8 Å². The van der Waals surface area contributed by atoms with Crippen LogP contribution in [0, 0.1) is 11.3 Å². The summed E-state index contributed by atoms with van der Waals surface area (Å²) in [6, 6.07) is 17.3. The van der Waals surface area contributed by atoms with E-state index in [9.17, 15) is 18.5 Å². The van der Waals surface area contributed by atoms with Crippen LogP contribution in [0.15, 0.2) is 80.1 Å². The van der Waals surface area contributed by atoms with Crippen LogP contribution in [0.3, 0.4) is 0 Å². The predicted molar refractivity (Wildman–Crippen MR) is 135 cm³/mol. The first-order valence-corrected chi connectivity index (χ1v) is 12.7. The van der Waals surface area contributed by atoms with Crippen LogP contribution in [0.25, 0.3) is 6.08 Å². The van der Waals surface area contributed by atoms with Crippen molar-refractivity contribution in [2.75, 3.05) is 5.32 Å². The molecule has 0 radical (unpaired) electrons. The monoisotopic (exact) mass is 628 g/mol. The lowest BCUT2D eigenvalue weighted by Crippen LogP contribution is -2.13. The minimum atomic E-state index is -4.07. The van der Waals surface area contributed by atoms with Crippen LogP contribution in [-0.4, -0.2) is 14.3 Å². The fourth-order valence-electron chi connectivity index (χ4n) is 2.59. The molecule has 6 nitrogen and oxygen atoms in total. The number of rotatable bonds is 6. The summed E-state index contributed by atoms with van der Waals surface area (Å²) in [6.07, 6.45) is 1.33. The van der Waals surface area contributed by atoms with Gasteiger partial charge in [-0.05, 0) is 79.9 Å². The van der Waals surface area contributed by atoms with E-state index in [0.29, 0.717) is 14.5 Å². The Morgan fingerprint density at radius 2 is 1.67 bits per heavy atom. The van der Waals surface area contributed by atoms with Crippen LogP contribution in [0.5, 0.6) is 5.75 Å². The van der Waals surface area contributed by atoms with E-state index in [4.69, 9.17) is 27.4 Å². The van der Waals surface area contributed by atoms with E-state index < -0.39 is 16.0 Å². The molecule has 33 heavy (non-hydrogen) atoms. The van der Waals surface area contributed by atoms with E-state index >= 15 is 0 Å². The van der Waals surface area contributed by atoms with Crippen molar-refractivity contribution in [1.82, 2.24) is 0 Å². The van der Waals surface area contributed by atoms with Crippen molar-refractivity contribution in [2.24, 2.45) is 0 Å². The van der Waals surface area contributed by atoms with Gasteiger partial charge in [0.1, 0.15) is 16.5 Å². The Morgan fingerprint density at radius 1 is 1.03 bits per heavy atom. The number of halogens is 4. The van der Waals surface area contributed by atoms with Crippen LogP contribution in [-0.2, 0) is 14.9 Å². The molecule has 1 amide bonds. The second-order valence-electron chi connectivity index (χ2n) is 6.39. The van der Waals surface area contributed by atoms with Gasteiger partial charge in [-0.25, -0.2) is 0 Å². The molecule has 1 N–H and O–H groups in total. The molecule has 3 aromatic rings. The molecule has 11 heteroatoms. The van der Waals surface area contributed by atoms with Gasteiger partial charge in [-0.15, -0.1) is 0 Å². The van der Waals surface area contributed by atoms with Gasteiger partial charge in [-0.1, -0.05) is 47.5 Å². The normalized spacial score (nSPS) is 11.5. The van der Waals surface area contributed by atoms with E-state index in [2.05, 4.69) is 37.2 Å². The molecule has 3 rings (SSSR count). The zero-order chi connectivity index (χ0) is 24.2. The SMILES string of the molecule is N#C/C(=C\c1cc(Br)c(OS(=O)(=O)c2ccccc2)c(Br)c1)C(=O)Nc1cccc(Cl)c1Cl. The number of amides is 1. The van der Waals surface area contributed by atoms with Gasteiger partial charge in [-0.3, -0.25) is 4.79 Å². The van der Waals surface area contributed by atoms with Crippen LogP contribution in [0.1, 0.15) is 5.56 Å². The Balaban J connectivity index is 1.88. The van der Waals surface area contributed by atoms with Crippen LogP contribution in [0.2, 0.25) is 10.0 Å². The minimum absolute atomic E-state index is 0.00381. The molecule has 0 aliphatic heterocycles. The molecule has 0 fully saturated rings. The average molecular weight is 631 g/mol. The number of benzene rings is 3. The van der Waals surface area contributed by atoms with Gasteiger partial charge < -0.3 is 9.50 Å². The van der Waals surface area contributed by atoms with Gasteiger partial charge in [0.05, 0.1) is 24.7 Å². The molecular weight excluding hydrogens is 619 g/mol. The minimum Gasteiger partial charge on any atom is -0.377 e. The number of hydrogen-bond acceptors (Lipinski definition) is 5. The van der Waals surface area contributed by atoms with Crippen LogP contribution < -0.4 is 9.50 Å². The maximum absolute atomic E-state index is 12.6. The van der Waals surface area contributed by atoms with Crippen molar-refractivity contribution in [3.63, 3.8) is 0 Å². The molecule has 0 aliphatic carbocycles. The van der Waals surface area contributed by atoms with Crippen LogP contribution >= 0.6 is 55.1 Å². The third-order valence-electron chi connectivity index (χ3n) is 4.12. The average Bonchev–Trinajstić information content (AvgIpc) is 2.78. The first kappa shape index (κ1) is 25.3. The van der Waals surface area contributed by atoms with Gasteiger partial charge in [0.25, 0.3) is 5.91 Å². The van der Waals surface area contributed by atoms with E-state index in [0.717, 1.165) is 0 Å². The molecule has 0 aliphatic rings. The molecule has 0 bridgehead atoms. The first-order valence-electron chi connectivity index (χ1n) is 8.98. The van der Waals surface area contributed by atoms with E-state index in [1.807, 2.05) is 6.07 Å². The van der Waals surface area contributed by atoms with E-state index in [-0.39, 0.29) is 32.0 Å². The molecule has 168 valence electrons. The van der Waals surface area contributed by atoms with Crippen molar-refractivity contribution in [2.45, 2.75) is 4.90 Å². The Hall–Kier alpha value is -2.35. The number of anilines is 1. The second-order valence-corrected chi connectivity index (χ2v) is 10.4. The second kappa shape index (κ2) is 10.7. The first-order chi connectivity index (χ1) is 15.6. The number of nitriles is 1. The smallest absolute Gasteiger partial charge is 0.339 e. The summed E-state index contributed by atoms with van der Waals surface area (Å²) < 4.78 is 30.9. The molecular formula is C22H12Br2Cl2N2O4S. The number of carbonyl (C=O) groups excluding carboxylic acids is 1. The summed E-state index contributed by atoms with van der Waals surface area (Å²) in [5.74, 6) is -0.675. The van der Waals surface area contributed by atoms with Crippen molar-refractivity contribution in [3.8, 4) is 11.8 Å². The summed E-state index contributed by atoms with van der Waals surface area (Å²) in [7, 11) is -4.07. The Bertz CT molecular complexity index is 1380. The number of carbonyl (C=O) groups is 1. The highest BCUT2D eigenvalue weighted by Crippen LogP contribution is 2.37. The lowest BCUT2D eigenvalue weighted by atomic mass is 10.1. The maximum atomic E-state index is 12.6. The maximum Gasteiger partial charge on any atom is 0.339 e. The van der Waals surface area contributed by atoms with Gasteiger partial charge in [0, 0.05) is 0 Å². The summed E-state index contributed by atoms with van der Waals surface area (Å²) in [4.78, 5) is 12.6. The highest BCUT2D eigenvalue weighted by molar-refractivity contribution is 9.11. The molecule has 0 heterocycles. The lowest BCUT2D eigenvalue weighted by molar-refractivity contribution is -0.112. The van der Waals surface area contributed by atoms with E-state index in [1.165, 1.54) is 30.3 Å². The summed E-state index contributed by atoms with van der Waals surface area (Å²) >= 11 is 18.6. The highest BCUT2D eigenvalue weighted by atomic mass is 79.9. The predicted octanol–water partition coefficient (Wildman–Crippen LogP) is 6.83. The molecule has 0 aromatic heterocycles. The summed E-state index contributed by atoms with van der Waals surface area (Å²) in [6.45, 7) is 0. The Morgan fingerprint density at radius 3 is 2.27 bits per heavy atom.